The van der Waals surface area contributed by atoms with Gasteiger partial charge in [0.2, 0.25) is 5.91 Å². The fourth-order valence-corrected chi connectivity index (χ4v) is 2.99. The minimum Gasteiger partial charge on any atom is -0.371 e. The highest BCUT2D eigenvalue weighted by molar-refractivity contribution is 5.99. The van der Waals surface area contributed by atoms with E-state index in [4.69, 9.17) is 0 Å². The maximum Gasteiger partial charge on any atom is 0.255 e. The lowest BCUT2D eigenvalue weighted by Crippen LogP contribution is -2.46. The van der Waals surface area contributed by atoms with Crippen molar-refractivity contribution in [1.29, 1.82) is 0 Å². The van der Waals surface area contributed by atoms with E-state index in [1.807, 2.05) is 59.0 Å². The van der Waals surface area contributed by atoms with Crippen LogP contribution in [-0.4, -0.2) is 48.9 Å². The first-order chi connectivity index (χ1) is 11.8. The molecule has 2 amide bonds. The highest BCUT2D eigenvalue weighted by atomic mass is 16.2. The van der Waals surface area contributed by atoms with Crippen LogP contribution in [0.4, 0.5) is 5.69 Å². The number of carbonyl (C=O) groups excluding carboxylic acids is 2. The summed E-state index contributed by atoms with van der Waals surface area (Å²) in [5.74, 6) is 0.191. The number of hydrogen-bond acceptors (Lipinski definition) is 3. The second-order valence-corrected chi connectivity index (χ2v) is 7.45. The summed E-state index contributed by atoms with van der Waals surface area (Å²) in [6, 6.07) is 8.22. The Balaban J connectivity index is 2.06. The molecule has 5 heteroatoms. The summed E-state index contributed by atoms with van der Waals surface area (Å²) >= 11 is 0. The van der Waals surface area contributed by atoms with Crippen molar-refractivity contribution < 1.29 is 9.59 Å². The van der Waals surface area contributed by atoms with Gasteiger partial charge in [-0.25, -0.2) is 0 Å². The second kappa shape index (κ2) is 8.37. The van der Waals surface area contributed by atoms with Gasteiger partial charge < -0.3 is 15.1 Å². The molecule has 0 atom stereocenters. The minimum atomic E-state index is 0.0166. The van der Waals surface area contributed by atoms with Gasteiger partial charge in [-0.05, 0) is 38.8 Å². The molecule has 1 saturated heterocycles. The molecule has 1 aromatic rings. The topological polar surface area (TPSA) is 52.7 Å². The van der Waals surface area contributed by atoms with Crippen molar-refractivity contribution in [2.45, 2.75) is 52.6 Å². The molecule has 1 aromatic carbocycles. The van der Waals surface area contributed by atoms with E-state index in [-0.39, 0.29) is 29.8 Å². The average Bonchev–Trinajstić information content (AvgIpc) is 2.61. The SMILES string of the molecule is CC(C)C(=O)NC1CCN(c2ccccc2C(=O)N(C)C(C)C)CC1. The molecule has 0 aromatic heterocycles. The summed E-state index contributed by atoms with van der Waals surface area (Å²) < 4.78 is 0. The van der Waals surface area contributed by atoms with E-state index < -0.39 is 0 Å². The number of amides is 2. The first-order valence-electron chi connectivity index (χ1n) is 9.22. The van der Waals surface area contributed by atoms with E-state index in [2.05, 4.69) is 10.2 Å². The Hall–Kier alpha value is -2.04. The molecule has 0 saturated carbocycles. The normalized spacial score (nSPS) is 15.6. The number of nitrogens with zero attached hydrogens (tertiary/aromatic N) is 2. The zero-order chi connectivity index (χ0) is 18.6. The summed E-state index contributed by atoms with van der Waals surface area (Å²) in [6.45, 7) is 9.55. The third-order valence-corrected chi connectivity index (χ3v) is 4.94. The van der Waals surface area contributed by atoms with Crippen LogP contribution >= 0.6 is 0 Å². The highest BCUT2D eigenvalue weighted by Gasteiger charge is 2.25. The third-order valence-electron chi connectivity index (χ3n) is 4.94. The van der Waals surface area contributed by atoms with Gasteiger partial charge in [-0.3, -0.25) is 9.59 Å². The van der Waals surface area contributed by atoms with Crippen LogP contribution in [-0.2, 0) is 4.79 Å². The van der Waals surface area contributed by atoms with Gasteiger partial charge in [-0.1, -0.05) is 26.0 Å². The summed E-state index contributed by atoms with van der Waals surface area (Å²) in [4.78, 5) is 28.7. The molecule has 138 valence electrons. The van der Waals surface area contributed by atoms with E-state index in [1.165, 1.54) is 0 Å². The van der Waals surface area contributed by atoms with Gasteiger partial charge in [-0.2, -0.15) is 0 Å². The molecule has 2 rings (SSSR count). The monoisotopic (exact) mass is 345 g/mol. The quantitative estimate of drug-likeness (QED) is 0.893. The van der Waals surface area contributed by atoms with Gasteiger partial charge in [-0.15, -0.1) is 0 Å². The molecular weight excluding hydrogens is 314 g/mol. The summed E-state index contributed by atoms with van der Waals surface area (Å²) in [5.41, 5.74) is 1.75. The molecule has 0 radical (unpaired) electrons. The predicted octanol–water partition coefficient (Wildman–Crippen LogP) is 2.91. The van der Waals surface area contributed by atoms with Crippen LogP contribution in [0.2, 0.25) is 0 Å². The zero-order valence-corrected chi connectivity index (χ0v) is 16.1. The Morgan fingerprint density at radius 3 is 2.28 bits per heavy atom. The van der Waals surface area contributed by atoms with Crippen LogP contribution in [0.25, 0.3) is 0 Å². The van der Waals surface area contributed by atoms with Gasteiger partial charge in [0, 0.05) is 43.8 Å². The fraction of sp³-hybridized carbons (Fsp3) is 0.600. The number of para-hydroxylation sites is 1. The summed E-state index contributed by atoms with van der Waals surface area (Å²) in [6.07, 6.45) is 1.81. The summed E-state index contributed by atoms with van der Waals surface area (Å²) in [5, 5.41) is 3.12. The molecule has 1 fully saturated rings. The van der Waals surface area contributed by atoms with Gasteiger partial charge in [0.15, 0.2) is 0 Å². The molecule has 0 spiro atoms. The Bertz CT molecular complexity index is 605. The van der Waals surface area contributed by atoms with Crippen LogP contribution in [0.15, 0.2) is 24.3 Å². The molecule has 0 bridgehead atoms. The maximum atomic E-state index is 12.8. The first kappa shape index (κ1) is 19.3. The molecule has 1 aliphatic heterocycles. The number of nitrogens with one attached hydrogen (secondary N) is 1. The smallest absolute Gasteiger partial charge is 0.255 e. The fourth-order valence-electron chi connectivity index (χ4n) is 2.99. The maximum absolute atomic E-state index is 12.8. The molecule has 1 aliphatic rings. The van der Waals surface area contributed by atoms with Crippen LogP contribution in [0.5, 0.6) is 0 Å². The molecule has 1 N–H and O–H groups in total. The van der Waals surface area contributed by atoms with Crippen LogP contribution in [0, 0.1) is 5.92 Å². The predicted molar refractivity (Wildman–Crippen MR) is 102 cm³/mol. The molecule has 0 aliphatic carbocycles. The van der Waals surface area contributed by atoms with Crippen LogP contribution in [0.1, 0.15) is 50.9 Å². The first-order valence-corrected chi connectivity index (χ1v) is 9.22. The molecule has 25 heavy (non-hydrogen) atoms. The van der Waals surface area contributed by atoms with E-state index in [0.29, 0.717) is 0 Å². The van der Waals surface area contributed by atoms with Crippen LogP contribution < -0.4 is 10.2 Å². The average molecular weight is 345 g/mol. The number of anilines is 1. The van der Waals surface area contributed by atoms with Gasteiger partial charge in [0.25, 0.3) is 5.91 Å². The number of hydrogen-bond donors (Lipinski definition) is 1. The Kier molecular flexibility index (Phi) is 6.45. The van der Waals surface area contributed by atoms with E-state index in [0.717, 1.165) is 37.2 Å². The lowest BCUT2D eigenvalue weighted by atomic mass is 10.0. The van der Waals surface area contributed by atoms with Crippen LogP contribution in [0.3, 0.4) is 0 Å². The number of piperidine rings is 1. The largest absolute Gasteiger partial charge is 0.371 e. The van der Waals surface area contributed by atoms with Gasteiger partial charge in [0.05, 0.1) is 5.56 Å². The Labute approximate surface area is 151 Å². The number of carbonyl (C=O) groups is 2. The standard InChI is InChI=1S/C20H31N3O2/c1-14(2)19(24)21-16-10-12-23(13-11-16)18-9-7-6-8-17(18)20(25)22(5)15(3)4/h6-9,14-16H,10-13H2,1-5H3,(H,21,24). The van der Waals surface area contributed by atoms with Crippen molar-refractivity contribution in [2.75, 3.05) is 25.0 Å². The molecule has 5 nitrogen and oxygen atoms in total. The zero-order valence-electron chi connectivity index (χ0n) is 16.1. The Morgan fingerprint density at radius 1 is 1.12 bits per heavy atom. The molecule has 1 heterocycles. The van der Waals surface area contributed by atoms with E-state index in [9.17, 15) is 9.59 Å². The second-order valence-electron chi connectivity index (χ2n) is 7.45. The van der Waals surface area contributed by atoms with Gasteiger partial charge >= 0.3 is 0 Å². The Morgan fingerprint density at radius 2 is 1.72 bits per heavy atom. The highest BCUT2D eigenvalue weighted by Crippen LogP contribution is 2.25. The van der Waals surface area contributed by atoms with Crippen molar-refractivity contribution in [2.24, 2.45) is 5.92 Å². The lowest BCUT2D eigenvalue weighted by molar-refractivity contribution is -0.124. The molecular formula is C20H31N3O2. The van der Waals surface area contributed by atoms with E-state index >= 15 is 0 Å². The third kappa shape index (κ3) is 4.74. The number of rotatable bonds is 5. The van der Waals surface area contributed by atoms with Crippen molar-refractivity contribution in [3.8, 4) is 0 Å². The lowest BCUT2D eigenvalue weighted by Gasteiger charge is -2.35. The summed E-state index contributed by atoms with van der Waals surface area (Å²) in [7, 11) is 1.84. The minimum absolute atomic E-state index is 0.0166. The van der Waals surface area contributed by atoms with Crippen molar-refractivity contribution in [1.82, 2.24) is 10.2 Å². The van der Waals surface area contributed by atoms with E-state index in [1.54, 1.807) is 4.90 Å². The van der Waals surface area contributed by atoms with Crippen molar-refractivity contribution in [3.63, 3.8) is 0 Å². The number of benzene rings is 1. The van der Waals surface area contributed by atoms with Gasteiger partial charge in [0.1, 0.15) is 0 Å². The molecule has 0 unspecified atom stereocenters. The van der Waals surface area contributed by atoms with Crippen molar-refractivity contribution >= 4 is 17.5 Å². The van der Waals surface area contributed by atoms with Crippen molar-refractivity contribution in [3.05, 3.63) is 29.8 Å².